The number of nitro benzene ring substituents is 1. The van der Waals surface area contributed by atoms with Crippen molar-refractivity contribution in [3.8, 4) is 6.07 Å². The number of carbonyl (C=O) groups is 1. The predicted molar refractivity (Wildman–Crippen MR) is 85.6 cm³/mol. The summed E-state index contributed by atoms with van der Waals surface area (Å²) in [6, 6.07) is 6.14. The molecule has 1 aliphatic rings. The number of piperazine rings is 1. The molecule has 120 valence electrons. The van der Waals surface area contributed by atoms with E-state index in [2.05, 4.69) is 9.80 Å². The standard InChI is InChI=1S/C15H17N5O3/c1-18-4-6-19(7-5-18)14-3-2-13(20(22)23)9-11(14)8-12(10-16)15(17)21/h2-3,8-9H,4-7H2,1H3,(H2,17,21)/b12-8+. The first-order chi connectivity index (χ1) is 10.9. The van der Waals surface area contributed by atoms with Crippen molar-refractivity contribution in [2.75, 3.05) is 38.1 Å². The molecule has 1 amide bonds. The van der Waals surface area contributed by atoms with Crippen molar-refractivity contribution in [2.24, 2.45) is 5.73 Å². The van der Waals surface area contributed by atoms with Crippen molar-refractivity contribution in [1.82, 2.24) is 4.90 Å². The van der Waals surface area contributed by atoms with E-state index in [1.165, 1.54) is 18.2 Å². The van der Waals surface area contributed by atoms with Crippen molar-refractivity contribution in [3.05, 3.63) is 39.4 Å². The number of hydrogen-bond donors (Lipinski definition) is 1. The fourth-order valence-electron chi connectivity index (χ4n) is 2.42. The molecule has 8 heteroatoms. The zero-order valence-corrected chi connectivity index (χ0v) is 12.7. The Bertz CT molecular complexity index is 700. The lowest BCUT2D eigenvalue weighted by molar-refractivity contribution is -0.384. The molecule has 0 atom stereocenters. The van der Waals surface area contributed by atoms with Gasteiger partial charge in [-0.1, -0.05) is 0 Å². The van der Waals surface area contributed by atoms with Crippen LogP contribution in [-0.2, 0) is 4.79 Å². The quantitative estimate of drug-likeness (QED) is 0.379. The van der Waals surface area contributed by atoms with Gasteiger partial charge in [0.2, 0.25) is 0 Å². The minimum atomic E-state index is -0.858. The molecule has 23 heavy (non-hydrogen) atoms. The maximum absolute atomic E-state index is 11.3. The topological polar surface area (TPSA) is 116 Å². The van der Waals surface area contributed by atoms with Crippen LogP contribution < -0.4 is 10.6 Å². The van der Waals surface area contributed by atoms with Crippen LogP contribution in [0.5, 0.6) is 0 Å². The van der Waals surface area contributed by atoms with E-state index in [1.807, 2.05) is 7.05 Å². The van der Waals surface area contributed by atoms with E-state index >= 15 is 0 Å². The average molecular weight is 315 g/mol. The van der Waals surface area contributed by atoms with Gasteiger partial charge in [-0.05, 0) is 19.2 Å². The minimum Gasteiger partial charge on any atom is -0.368 e. The van der Waals surface area contributed by atoms with Crippen LogP contribution in [0.25, 0.3) is 6.08 Å². The monoisotopic (exact) mass is 315 g/mol. The molecular formula is C15H17N5O3. The van der Waals surface area contributed by atoms with Gasteiger partial charge in [0.1, 0.15) is 11.6 Å². The van der Waals surface area contributed by atoms with Crippen LogP contribution in [0.3, 0.4) is 0 Å². The summed E-state index contributed by atoms with van der Waals surface area (Å²) < 4.78 is 0. The van der Waals surface area contributed by atoms with Crippen molar-refractivity contribution >= 4 is 23.4 Å². The van der Waals surface area contributed by atoms with Gasteiger partial charge in [-0.15, -0.1) is 0 Å². The number of hydrogen-bond acceptors (Lipinski definition) is 6. The molecule has 2 rings (SSSR count). The number of primary amides is 1. The molecule has 1 heterocycles. The first-order valence-electron chi connectivity index (χ1n) is 7.06. The maximum atomic E-state index is 11.3. The van der Waals surface area contributed by atoms with Crippen LogP contribution in [0.15, 0.2) is 23.8 Å². The largest absolute Gasteiger partial charge is 0.368 e. The third kappa shape index (κ3) is 3.84. The number of nitro groups is 1. The SMILES string of the molecule is CN1CCN(c2ccc([N+](=O)[O-])cc2/C=C(\C#N)C(N)=O)CC1. The Labute approximate surface area is 133 Å². The second kappa shape index (κ2) is 6.89. The van der Waals surface area contributed by atoms with E-state index in [4.69, 9.17) is 11.0 Å². The van der Waals surface area contributed by atoms with E-state index in [9.17, 15) is 14.9 Å². The van der Waals surface area contributed by atoms with Gasteiger partial charge in [0.05, 0.1) is 4.92 Å². The van der Waals surface area contributed by atoms with E-state index < -0.39 is 10.8 Å². The number of anilines is 1. The zero-order valence-electron chi connectivity index (χ0n) is 12.7. The molecule has 1 aromatic carbocycles. The number of amides is 1. The Morgan fingerprint density at radius 1 is 1.39 bits per heavy atom. The zero-order chi connectivity index (χ0) is 17.0. The summed E-state index contributed by atoms with van der Waals surface area (Å²) in [7, 11) is 2.02. The normalized spacial score (nSPS) is 16.0. The molecule has 1 aliphatic heterocycles. The van der Waals surface area contributed by atoms with Crippen molar-refractivity contribution in [2.45, 2.75) is 0 Å². The molecule has 0 unspecified atom stereocenters. The Morgan fingerprint density at radius 3 is 2.57 bits per heavy atom. The lowest BCUT2D eigenvalue weighted by Gasteiger charge is -2.34. The number of carbonyl (C=O) groups excluding carboxylic acids is 1. The van der Waals surface area contributed by atoms with Gasteiger partial charge >= 0.3 is 0 Å². The molecular weight excluding hydrogens is 298 g/mol. The molecule has 2 N–H and O–H groups in total. The lowest BCUT2D eigenvalue weighted by atomic mass is 10.1. The van der Waals surface area contributed by atoms with E-state index in [0.717, 1.165) is 31.9 Å². The summed E-state index contributed by atoms with van der Waals surface area (Å²) in [6.45, 7) is 3.24. The van der Waals surface area contributed by atoms with Crippen LogP contribution in [0.4, 0.5) is 11.4 Å². The number of non-ortho nitro benzene ring substituents is 1. The van der Waals surface area contributed by atoms with Crippen molar-refractivity contribution < 1.29 is 9.72 Å². The number of likely N-dealkylation sites (N-methyl/N-ethyl adjacent to an activating group) is 1. The number of nitrogens with two attached hydrogens (primary N) is 1. The van der Waals surface area contributed by atoms with Crippen LogP contribution >= 0.6 is 0 Å². The van der Waals surface area contributed by atoms with Crippen LogP contribution in [0, 0.1) is 21.4 Å². The number of rotatable bonds is 4. The second-order valence-corrected chi connectivity index (χ2v) is 5.32. The molecule has 1 aromatic rings. The summed E-state index contributed by atoms with van der Waals surface area (Å²) >= 11 is 0. The Hall–Kier alpha value is -2.92. The molecule has 1 fully saturated rings. The highest BCUT2D eigenvalue weighted by molar-refractivity contribution is 6.01. The number of benzene rings is 1. The van der Waals surface area contributed by atoms with Crippen LogP contribution in [0.2, 0.25) is 0 Å². The van der Waals surface area contributed by atoms with Gasteiger partial charge in [0, 0.05) is 49.6 Å². The Balaban J connectivity index is 2.47. The second-order valence-electron chi connectivity index (χ2n) is 5.32. The molecule has 8 nitrogen and oxygen atoms in total. The van der Waals surface area contributed by atoms with Gasteiger partial charge in [0.15, 0.2) is 0 Å². The first kappa shape index (κ1) is 16.5. The lowest BCUT2D eigenvalue weighted by Crippen LogP contribution is -2.44. The summed E-state index contributed by atoms with van der Waals surface area (Å²) in [5, 5.41) is 20.0. The van der Waals surface area contributed by atoms with Gasteiger partial charge in [-0.2, -0.15) is 5.26 Å². The van der Waals surface area contributed by atoms with Crippen LogP contribution in [0.1, 0.15) is 5.56 Å². The summed E-state index contributed by atoms with van der Waals surface area (Å²) in [4.78, 5) is 26.0. The summed E-state index contributed by atoms with van der Waals surface area (Å²) in [6.07, 6.45) is 1.31. The molecule has 0 saturated carbocycles. The third-order valence-electron chi connectivity index (χ3n) is 3.75. The molecule has 0 bridgehead atoms. The van der Waals surface area contributed by atoms with E-state index in [1.54, 1.807) is 12.1 Å². The van der Waals surface area contributed by atoms with Crippen molar-refractivity contribution in [1.29, 1.82) is 5.26 Å². The molecule has 0 aromatic heterocycles. The minimum absolute atomic E-state index is 0.101. The number of nitriles is 1. The maximum Gasteiger partial charge on any atom is 0.270 e. The summed E-state index contributed by atoms with van der Waals surface area (Å²) in [5.41, 5.74) is 6.01. The molecule has 0 aliphatic carbocycles. The third-order valence-corrected chi connectivity index (χ3v) is 3.75. The van der Waals surface area contributed by atoms with Gasteiger partial charge < -0.3 is 15.5 Å². The van der Waals surface area contributed by atoms with Gasteiger partial charge in [-0.25, -0.2) is 0 Å². The van der Waals surface area contributed by atoms with Crippen LogP contribution in [-0.4, -0.2) is 49.0 Å². The first-order valence-corrected chi connectivity index (χ1v) is 7.06. The van der Waals surface area contributed by atoms with E-state index in [-0.39, 0.29) is 11.3 Å². The Kier molecular flexibility index (Phi) is 4.93. The average Bonchev–Trinajstić information content (AvgIpc) is 2.53. The fourth-order valence-corrected chi connectivity index (χ4v) is 2.42. The van der Waals surface area contributed by atoms with E-state index in [0.29, 0.717) is 5.56 Å². The van der Waals surface area contributed by atoms with Gasteiger partial charge in [0.25, 0.3) is 11.6 Å². The van der Waals surface area contributed by atoms with Gasteiger partial charge in [-0.3, -0.25) is 14.9 Å². The highest BCUT2D eigenvalue weighted by atomic mass is 16.6. The summed E-state index contributed by atoms with van der Waals surface area (Å²) in [5.74, 6) is -0.858. The molecule has 0 radical (unpaired) electrons. The Morgan fingerprint density at radius 2 is 2.04 bits per heavy atom. The number of nitrogens with zero attached hydrogens (tertiary/aromatic N) is 4. The highest BCUT2D eigenvalue weighted by Gasteiger charge is 2.19. The molecule has 0 spiro atoms. The highest BCUT2D eigenvalue weighted by Crippen LogP contribution is 2.28. The smallest absolute Gasteiger partial charge is 0.270 e. The molecule has 1 saturated heterocycles. The van der Waals surface area contributed by atoms with Crippen molar-refractivity contribution in [3.63, 3.8) is 0 Å². The predicted octanol–water partition coefficient (Wildman–Crippen LogP) is 0.739. The fraction of sp³-hybridized carbons (Fsp3) is 0.333.